The number of benzene rings is 2. The van der Waals surface area contributed by atoms with E-state index in [2.05, 4.69) is 11.4 Å². The van der Waals surface area contributed by atoms with Gasteiger partial charge >= 0.3 is 6.03 Å². The van der Waals surface area contributed by atoms with Crippen LogP contribution >= 0.6 is 11.8 Å². The number of hydrogen-bond acceptors (Lipinski definition) is 4. The highest BCUT2D eigenvalue weighted by atomic mass is 32.2. The summed E-state index contributed by atoms with van der Waals surface area (Å²) in [6.45, 7) is 0.890. The number of para-hydroxylation sites is 3. The summed E-state index contributed by atoms with van der Waals surface area (Å²) in [5.74, 6) is 1.48. The number of thioether (sulfide) groups is 1. The summed E-state index contributed by atoms with van der Waals surface area (Å²) in [6.07, 6.45) is 4.94. The number of carbonyl (C=O) groups excluding carboxylic acids is 1. The summed E-state index contributed by atoms with van der Waals surface area (Å²) in [5, 5.41) is 3.72. The molecule has 28 heavy (non-hydrogen) atoms. The molecule has 1 saturated carbocycles. The minimum Gasteiger partial charge on any atom is -0.486 e. The van der Waals surface area contributed by atoms with Gasteiger partial charge in [0, 0.05) is 17.2 Å². The van der Waals surface area contributed by atoms with Gasteiger partial charge in [-0.1, -0.05) is 37.1 Å². The van der Waals surface area contributed by atoms with Gasteiger partial charge in [-0.25, -0.2) is 4.79 Å². The van der Waals surface area contributed by atoms with Crippen LogP contribution in [-0.2, 0) is 0 Å². The second-order valence-corrected chi connectivity index (χ2v) is 8.67. The molecule has 2 amide bonds. The summed E-state index contributed by atoms with van der Waals surface area (Å²) in [7, 11) is 1.78. The predicted molar refractivity (Wildman–Crippen MR) is 113 cm³/mol. The minimum absolute atomic E-state index is 0.137. The maximum atomic E-state index is 12.7. The Balaban J connectivity index is 1.35. The van der Waals surface area contributed by atoms with E-state index in [9.17, 15) is 4.79 Å². The van der Waals surface area contributed by atoms with Gasteiger partial charge in [-0.3, -0.25) is 0 Å². The predicted octanol–water partition coefficient (Wildman–Crippen LogP) is 5.03. The van der Waals surface area contributed by atoms with Gasteiger partial charge < -0.3 is 19.7 Å². The minimum atomic E-state index is -0.186. The number of urea groups is 1. The van der Waals surface area contributed by atoms with Crippen LogP contribution in [0.3, 0.4) is 0 Å². The molecule has 2 aliphatic rings. The lowest BCUT2D eigenvalue weighted by Gasteiger charge is -2.29. The first-order chi connectivity index (χ1) is 13.7. The zero-order valence-electron chi connectivity index (χ0n) is 16.1. The van der Waals surface area contributed by atoms with E-state index in [0.717, 1.165) is 22.1 Å². The molecule has 2 aromatic rings. The quantitative estimate of drug-likeness (QED) is 0.768. The fourth-order valence-electron chi connectivity index (χ4n) is 3.61. The standard InChI is InChI=1S/C22H26N2O3S/c1-24(14-16-15-26-19-11-5-6-12-20(19)27-16)22(25)23-18-10-4-7-13-21(18)28-17-8-2-3-9-17/h4-7,10-13,16-17H,2-3,8-9,14-15H2,1H3,(H,23,25). The maximum Gasteiger partial charge on any atom is 0.321 e. The number of ether oxygens (including phenoxy) is 2. The molecule has 0 saturated heterocycles. The van der Waals surface area contributed by atoms with Crippen LogP contribution in [0, 0.1) is 0 Å². The fourth-order valence-corrected chi connectivity index (χ4v) is 4.94. The van der Waals surface area contributed by atoms with Crippen LogP contribution in [0.2, 0.25) is 0 Å². The zero-order valence-corrected chi connectivity index (χ0v) is 16.9. The topological polar surface area (TPSA) is 50.8 Å². The number of fused-ring (bicyclic) bond motifs is 1. The first-order valence-corrected chi connectivity index (χ1v) is 10.7. The van der Waals surface area contributed by atoms with Crippen LogP contribution in [0.4, 0.5) is 10.5 Å². The molecule has 0 spiro atoms. The van der Waals surface area contributed by atoms with E-state index in [-0.39, 0.29) is 12.1 Å². The van der Waals surface area contributed by atoms with Crippen molar-refractivity contribution >= 4 is 23.5 Å². The Kier molecular flexibility index (Phi) is 5.95. The molecule has 4 rings (SSSR count). The molecule has 1 atom stereocenters. The number of likely N-dealkylation sites (N-methyl/N-ethyl adjacent to an activating group) is 1. The summed E-state index contributed by atoms with van der Waals surface area (Å²) in [5.41, 5.74) is 0.877. The average Bonchev–Trinajstić information content (AvgIpc) is 3.22. The van der Waals surface area contributed by atoms with Crippen molar-refractivity contribution in [3.8, 4) is 11.5 Å². The van der Waals surface area contributed by atoms with E-state index in [1.807, 2.05) is 54.2 Å². The van der Waals surface area contributed by atoms with Crippen LogP contribution in [-0.4, -0.2) is 42.5 Å². The number of anilines is 1. The molecule has 1 fully saturated rings. The van der Waals surface area contributed by atoms with Crippen LogP contribution in [0.1, 0.15) is 25.7 Å². The third kappa shape index (κ3) is 4.55. The summed E-state index contributed by atoms with van der Waals surface area (Å²) in [4.78, 5) is 15.5. The fraction of sp³-hybridized carbons (Fsp3) is 0.409. The Hall–Kier alpha value is -2.34. The maximum absolute atomic E-state index is 12.7. The lowest BCUT2D eigenvalue weighted by Crippen LogP contribution is -2.43. The average molecular weight is 399 g/mol. The highest BCUT2D eigenvalue weighted by Gasteiger charge is 2.24. The number of amides is 2. The molecule has 6 heteroatoms. The molecule has 1 aliphatic carbocycles. The lowest BCUT2D eigenvalue weighted by atomic mass is 10.2. The Morgan fingerprint density at radius 2 is 1.82 bits per heavy atom. The molecule has 1 N–H and O–H groups in total. The summed E-state index contributed by atoms with van der Waals surface area (Å²) >= 11 is 1.88. The largest absolute Gasteiger partial charge is 0.486 e. The second kappa shape index (κ2) is 8.78. The molecule has 2 aromatic carbocycles. The van der Waals surface area contributed by atoms with E-state index in [4.69, 9.17) is 9.47 Å². The van der Waals surface area contributed by atoms with Crippen molar-refractivity contribution in [2.45, 2.75) is 41.9 Å². The lowest BCUT2D eigenvalue weighted by molar-refractivity contribution is 0.0731. The van der Waals surface area contributed by atoms with Crippen LogP contribution in [0.25, 0.3) is 0 Å². The Bertz CT molecular complexity index is 823. The number of carbonyl (C=O) groups is 1. The van der Waals surface area contributed by atoms with E-state index >= 15 is 0 Å². The van der Waals surface area contributed by atoms with Crippen molar-refractivity contribution in [1.29, 1.82) is 0 Å². The third-order valence-electron chi connectivity index (χ3n) is 5.12. The van der Waals surface area contributed by atoms with Crippen molar-refractivity contribution in [2.24, 2.45) is 0 Å². The van der Waals surface area contributed by atoms with Crippen LogP contribution in [0.5, 0.6) is 11.5 Å². The van der Waals surface area contributed by atoms with Crippen molar-refractivity contribution in [2.75, 3.05) is 25.5 Å². The van der Waals surface area contributed by atoms with Gasteiger partial charge in [0.2, 0.25) is 0 Å². The van der Waals surface area contributed by atoms with Gasteiger partial charge in [-0.15, -0.1) is 11.8 Å². The monoisotopic (exact) mass is 398 g/mol. The highest BCUT2D eigenvalue weighted by molar-refractivity contribution is 8.00. The smallest absolute Gasteiger partial charge is 0.321 e. The SMILES string of the molecule is CN(CC1COc2ccccc2O1)C(=O)Nc1ccccc1SC1CCCC1. The van der Waals surface area contributed by atoms with Gasteiger partial charge in [-0.05, 0) is 37.1 Å². The van der Waals surface area contributed by atoms with Crippen LogP contribution < -0.4 is 14.8 Å². The molecular weight excluding hydrogens is 372 g/mol. The molecule has 1 aliphatic heterocycles. The van der Waals surface area contributed by atoms with E-state index in [1.54, 1.807) is 11.9 Å². The summed E-state index contributed by atoms with van der Waals surface area (Å²) < 4.78 is 11.7. The molecule has 1 heterocycles. The highest BCUT2D eigenvalue weighted by Crippen LogP contribution is 2.38. The van der Waals surface area contributed by atoms with Gasteiger partial charge in [-0.2, -0.15) is 0 Å². The van der Waals surface area contributed by atoms with Crippen molar-refractivity contribution in [1.82, 2.24) is 4.90 Å². The Morgan fingerprint density at radius 1 is 1.11 bits per heavy atom. The van der Waals surface area contributed by atoms with Crippen molar-refractivity contribution in [3.05, 3.63) is 48.5 Å². The van der Waals surface area contributed by atoms with Crippen LogP contribution in [0.15, 0.2) is 53.4 Å². The van der Waals surface area contributed by atoms with Gasteiger partial charge in [0.1, 0.15) is 6.61 Å². The van der Waals surface area contributed by atoms with Gasteiger partial charge in [0.05, 0.1) is 12.2 Å². The molecule has 1 unspecified atom stereocenters. The normalized spacial score (nSPS) is 18.7. The molecule has 0 aromatic heterocycles. The number of nitrogens with zero attached hydrogens (tertiary/aromatic N) is 1. The number of hydrogen-bond donors (Lipinski definition) is 1. The van der Waals surface area contributed by atoms with Gasteiger partial charge in [0.25, 0.3) is 0 Å². The van der Waals surface area contributed by atoms with Crippen molar-refractivity contribution < 1.29 is 14.3 Å². The van der Waals surface area contributed by atoms with E-state index in [0.29, 0.717) is 18.4 Å². The molecule has 0 radical (unpaired) electrons. The number of nitrogens with one attached hydrogen (secondary N) is 1. The Labute approximate surface area is 170 Å². The second-order valence-electron chi connectivity index (χ2n) is 7.33. The Morgan fingerprint density at radius 3 is 2.64 bits per heavy atom. The first-order valence-electron chi connectivity index (χ1n) is 9.85. The van der Waals surface area contributed by atoms with Gasteiger partial charge in [0.15, 0.2) is 17.6 Å². The third-order valence-corrected chi connectivity index (χ3v) is 6.53. The molecule has 148 valence electrons. The molecule has 5 nitrogen and oxygen atoms in total. The zero-order chi connectivity index (χ0) is 19.3. The van der Waals surface area contributed by atoms with E-state index in [1.165, 1.54) is 25.7 Å². The molecule has 0 bridgehead atoms. The van der Waals surface area contributed by atoms with Crippen molar-refractivity contribution in [3.63, 3.8) is 0 Å². The number of rotatable bonds is 5. The van der Waals surface area contributed by atoms with E-state index < -0.39 is 0 Å². The first kappa shape index (κ1) is 19.0. The summed E-state index contributed by atoms with van der Waals surface area (Å²) in [6, 6.07) is 15.5. The molecular formula is C22H26N2O3S.